The van der Waals surface area contributed by atoms with E-state index in [0.717, 1.165) is 11.3 Å². The lowest BCUT2D eigenvalue weighted by Crippen LogP contribution is -2.70. The van der Waals surface area contributed by atoms with Gasteiger partial charge in [-0.2, -0.15) is 0 Å². The molecule has 2 fully saturated rings. The van der Waals surface area contributed by atoms with Crippen molar-refractivity contribution < 1.29 is 23.7 Å². The Morgan fingerprint density at radius 2 is 2.17 bits per heavy atom. The number of methoxy groups -OCH3 is 1. The highest BCUT2D eigenvalue weighted by molar-refractivity contribution is 5.80. The summed E-state index contributed by atoms with van der Waals surface area (Å²) in [5.74, 6) is 0.872. The second-order valence-electron chi connectivity index (χ2n) is 6.51. The molecule has 2 saturated heterocycles. The monoisotopic (exact) mass is 335 g/mol. The van der Waals surface area contributed by atoms with Crippen molar-refractivity contribution in [1.82, 2.24) is 4.90 Å². The molecule has 6 heteroatoms. The summed E-state index contributed by atoms with van der Waals surface area (Å²) in [6, 6.07) is 7.67. The van der Waals surface area contributed by atoms with E-state index in [9.17, 15) is 4.79 Å². The van der Waals surface area contributed by atoms with Crippen LogP contribution in [0.25, 0.3) is 0 Å². The SMILES string of the molecule is COCCOc1cccc(CC(=O)N2CC(C)OCC23COC3)c1. The number of benzene rings is 1. The zero-order chi connectivity index (χ0) is 17.0. The maximum Gasteiger partial charge on any atom is 0.227 e. The molecule has 1 unspecified atom stereocenters. The van der Waals surface area contributed by atoms with Gasteiger partial charge >= 0.3 is 0 Å². The average Bonchev–Trinajstić information content (AvgIpc) is 2.54. The van der Waals surface area contributed by atoms with E-state index in [4.69, 9.17) is 18.9 Å². The summed E-state index contributed by atoms with van der Waals surface area (Å²) in [6.45, 7) is 5.33. The Hall–Kier alpha value is -1.63. The molecule has 1 amide bonds. The molecule has 24 heavy (non-hydrogen) atoms. The van der Waals surface area contributed by atoms with Crippen LogP contribution in [0.1, 0.15) is 12.5 Å². The summed E-state index contributed by atoms with van der Waals surface area (Å²) in [7, 11) is 1.64. The van der Waals surface area contributed by atoms with Gasteiger partial charge in [0.15, 0.2) is 0 Å². The molecule has 0 radical (unpaired) electrons. The molecule has 0 aliphatic carbocycles. The van der Waals surface area contributed by atoms with Gasteiger partial charge in [0.2, 0.25) is 5.91 Å². The Morgan fingerprint density at radius 1 is 1.33 bits per heavy atom. The first-order chi connectivity index (χ1) is 11.6. The van der Waals surface area contributed by atoms with Gasteiger partial charge in [-0.1, -0.05) is 12.1 Å². The minimum Gasteiger partial charge on any atom is -0.491 e. The van der Waals surface area contributed by atoms with Crippen LogP contribution < -0.4 is 4.74 Å². The topological polar surface area (TPSA) is 57.2 Å². The Bertz CT molecular complexity index is 572. The van der Waals surface area contributed by atoms with E-state index in [1.807, 2.05) is 36.1 Å². The highest BCUT2D eigenvalue weighted by atomic mass is 16.5. The zero-order valence-electron chi connectivity index (χ0n) is 14.3. The third-order valence-electron chi connectivity index (χ3n) is 4.50. The molecule has 1 spiro atoms. The zero-order valence-corrected chi connectivity index (χ0v) is 14.3. The van der Waals surface area contributed by atoms with Gasteiger partial charge in [-0.3, -0.25) is 4.79 Å². The Labute approximate surface area is 142 Å². The van der Waals surface area contributed by atoms with E-state index in [-0.39, 0.29) is 17.6 Å². The van der Waals surface area contributed by atoms with Crippen LogP contribution >= 0.6 is 0 Å². The van der Waals surface area contributed by atoms with Crippen LogP contribution in [0, 0.1) is 0 Å². The molecule has 6 nitrogen and oxygen atoms in total. The molecule has 1 aromatic rings. The van der Waals surface area contributed by atoms with Crippen molar-refractivity contribution in [3.05, 3.63) is 29.8 Å². The maximum absolute atomic E-state index is 12.8. The molecule has 132 valence electrons. The number of rotatable bonds is 6. The molecule has 2 heterocycles. The van der Waals surface area contributed by atoms with Gasteiger partial charge in [0.05, 0.1) is 39.0 Å². The fraction of sp³-hybridized carbons (Fsp3) is 0.611. The second-order valence-corrected chi connectivity index (χ2v) is 6.51. The van der Waals surface area contributed by atoms with Crippen LogP contribution in [-0.2, 0) is 25.4 Å². The molecular formula is C18H25NO5. The minimum atomic E-state index is -0.268. The average molecular weight is 335 g/mol. The molecule has 0 aromatic heterocycles. The van der Waals surface area contributed by atoms with Crippen molar-refractivity contribution in [3.8, 4) is 5.75 Å². The van der Waals surface area contributed by atoms with Crippen molar-refractivity contribution in [3.63, 3.8) is 0 Å². The highest BCUT2D eigenvalue weighted by Gasteiger charge is 2.49. The Balaban J connectivity index is 1.64. The second kappa shape index (κ2) is 7.51. The summed E-state index contributed by atoms with van der Waals surface area (Å²) in [5.41, 5.74) is 0.681. The molecule has 0 bridgehead atoms. The fourth-order valence-electron chi connectivity index (χ4n) is 3.08. The summed E-state index contributed by atoms with van der Waals surface area (Å²) >= 11 is 0. The molecule has 2 aliphatic heterocycles. The van der Waals surface area contributed by atoms with Gasteiger partial charge < -0.3 is 23.8 Å². The van der Waals surface area contributed by atoms with Crippen LogP contribution in [0.3, 0.4) is 0 Å². The number of carbonyl (C=O) groups excluding carboxylic acids is 1. The molecule has 0 N–H and O–H groups in total. The molecule has 2 aliphatic rings. The first kappa shape index (κ1) is 17.2. The van der Waals surface area contributed by atoms with E-state index >= 15 is 0 Å². The number of carbonyl (C=O) groups is 1. The summed E-state index contributed by atoms with van der Waals surface area (Å²) < 4.78 is 21.7. The smallest absolute Gasteiger partial charge is 0.227 e. The summed E-state index contributed by atoms with van der Waals surface area (Å²) in [5, 5.41) is 0. The van der Waals surface area contributed by atoms with Gasteiger partial charge in [0, 0.05) is 13.7 Å². The van der Waals surface area contributed by atoms with Gasteiger partial charge in [-0.05, 0) is 24.6 Å². The lowest BCUT2D eigenvalue weighted by molar-refractivity contribution is -0.214. The highest BCUT2D eigenvalue weighted by Crippen LogP contribution is 2.31. The van der Waals surface area contributed by atoms with Gasteiger partial charge in [0.25, 0.3) is 0 Å². The third kappa shape index (κ3) is 3.71. The lowest BCUT2D eigenvalue weighted by atomic mass is 9.92. The van der Waals surface area contributed by atoms with Gasteiger partial charge in [-0.15, -0.1) is 0 Å². The largest absolute Gasteiger partial charge is 0.491 e. The molecule has 1 atom stereocenters. The number of hydrogen-bond acceptors (Lipinski definition) is 5. The van der Waals surface area contributed by atoms with Crippen LogP contribution in [0.2, 0.25) is 0 Å². The van der Waals surface area contributed by atoms with E-state index in [0.29, 0.717) is 46.0 Å². The van der Waals surface area contributed by atoms with Crippen molar-refractivity contribution in [2.45, 2.75) is 25.0 Å². The standard InChI is InChI=1S/C18H25NO5/c1-14-10-19(18(13-24-14)11-22-12-18)17(20)9-15-4-3-5-16(8-15)23-7-6-21-2/h3-5,8,14H,6-7,9-13H2,1-2H3. The Kier molecular flexibility index (Phi) is 5.38. The van der Waals surface area contributed by atoms with Crippen LogP contribution in [-0.4, -0.2) is 69.1 Å². The van der Waals surface area contributed by atoms with Gasteiger partial charge in [0.1, 0.15) is 17.9 Å². The number of amides is 1. The molecule has 0 saturated carbocycles. The van der Waals surface area contributed by atoms with Crippen LogP contribution in [0.5, 0.6) is 5.75 Å². The van der Waals surface area contributed by atoms with Crippen LogP contribution in [0.4, 0.5) is 0 Å². The number of morpholine rings is 1. The number of nitrogens with zero attached hydrogens (tertiary/aromatic N) is 1. The first-order valence-electron chi connectivity index (χ1n) is 8.33. The van der Waals surface area contributed by atoms with Crippen molar-refractivity contribution in [1.29, 1.82) is 0 Å². The normalized spacial score (nSPS) is 22.2. The number of hydrogen-bond donors (Lipinski definition) is 0. The van der Waals surface area contributed by atoms with Crippen molar-refractivity contribution >= 4 is 5.91 Å². The van der Waals surface area contributed by atoms with E-state index in [1.54, 1.807) is 7.11 Å². The molecule has 1 aromatic carbocycles. The van der Waals surface area contributed by atoms with Crippen LogP contribution in [0.15, 0.2) is 24.3 Å². The van der Waals surface area contributed by atoms with E-state index in [2.05, 4.69) is 0 Å². The quantitative estimate of drug-likeness (QED) is 0.733. The summed E-state index contributed by atoms with van der Waals surface area (Å²) in [4.78, 5) is 14.8. The maximum atomic E-state index is 12.8. The first-order valence-corrected chi connectivity index (χ1v) is 8.33. The predicted octanol–water partition coefficient (Wildman–Crippen LogP) is 1.27. The van der Waals surface area contributed by atoms with E-state index < -0.39 is 0 Å². The van der Waals surface area contributed by atoms with E-state index in [1.165, 1.54) is 0 Å². The Morgan fingerprint density at radius 3 is 2.88 bits per heavy atom. The van der Waals surface area contributed by atoms with Crippen molar-refractivity contribution in [2.75, 3.05) is 46.7 Å². The van der Waals surface area contributed by atoms with Gasteiger partial charge in [-0.25, -0.2) is 0 Å². The predicted molar refractivity (Wildman–Crippen MR) is 88.2 cm³/mol. The minimum absolute atomic E-state index is 0.0592. The summed E-state index contributed by atoms with van der Waals surface area (Å²) in [6.07, 6.45) is 0.416. The molecule has 3 rings (SSSR count). The number of ether oxygens (including phenoxy) is 4. The third-order valence-corrected chi connectivity index (χ3v) is 4.50. The lowest BCUT2D eigenvalue weighted by Gasteiger charge is -2.53. The fourth-order valence-corrected chi connectivity index (χ4v) is 3.08. The molecular weight excluding hydrogens is 310 g/mol. The van der Waals surface area contributed by atoms with Crippen molar-refractivity contribution in [2.24, 2.45) is 0 Å².